The van der Waals surface area contributed by atoms with Crippen molar-refractivity contribution in [3.05, 3.63) is 214 Å². The number of amidine groups is 1. The number of hydrogen-bond donors (Lipinski definition) is 0. The zero-order valence-corrected chi connectivity index (χ0v) is 35.6. The van der Waals surface area contributed by atoms with Gasteiger partial charge in [0.2, 0.25) is 0 Å². The summed E-state index contributed by atoms with van der Waals surface area (Å²) in [4.78, 5) is 25.3. The summed E-state index contributed by atoms with van der Waals surface area (Å²) in [5, 5.41) is 5.34. The van der Waals surface area contributed by atoms with Crippen molar-refractivity contribution in [2.24, 2.45) is 9.98 Å². The minimum Gasteiger partial charge on any atom is -0.256 e. The number of aromatic nitrogens is 3. The van der Waals surface area contributed by atoms with Crippen LogP contribution in [0.3, 0.4) is 0 Å². The average Bonchev–Trinajstić information content (AvgIpc) is 3.32. The summed E-state index contributed by atoms with van der Waals surface area (Å²) in [5.41, 5.74) is 13.5. The lowest BCUT2D eigenvalue weighted by Crippen LogP contribution is -2.24. The molecule has 3 aromatic heterocycles. The number of fused-ring (bicyclic) bond motifs is 4. The molecule has 0 bridgehead atoms. The Hall–Kier alpha value is -7.37. The fourth-order valence-electron chi connectivity index (χ4n) is 8.34. The number of pyridine rings is 3. The number of allylic oxidation sites excluding steroid dienone is 5. The summed E-state index contributed by atoms with van der Waals surface area (Å²) >= 11 is 0. The largest absolute Gasteiger partial charge is 0.256 e. The van der Waals surface area contributed by atoms with Crippen LogP contribution in [-0.2, 0) is 0 Å². The molecule has 1 aliphatic heterocycles. The molecule has 0 saturated carbocycles. The molecule has 8 aromatic rings. The lowest BCUT2D eigenvalue weighted by atomic mass is 9.89. The molecule has 0 aliphatic carbocycles. The van der Waals surface area contributed by atoms with Crippen LogP contribution < -0.4 is 10.4 Å². The second kappa shape index (κ2) is 18.1. The van der Waals surface area contributed by atoms with E-state index in [4.69, 9.17) is 20.0 Å². The molecule has 302 valence electrons. The van der Waals surface area contributed by atoms with E-state index >= 15 is 0 Å². The fourth-order valence-corrected chi connectivity index (χ4v) is 8.34. The van der Waals surface area contributed by atoms with Gasteiger partial charge in [-0.2, -0.15) is 0 Å². The molecule has 1 aliphatic rings. The van der Waals surface area contributed by atoms with Crippen LogP contribution in [0.5, 0.6) is 0 Å². The first-order valence-electron chi connectivity index (χ1n) is 21.6. The number of nitrogens with zero attached hydrogens (tertiary/aromatic N) is 5. The first-order valence-corrected chi connectivity index (χ1v) is 21.6. The van der Waals surface area contributed by atoms with E-state index in [-0.39, 0.29) is 5.92 Å². The monoisotopic (exact) mass is 803 g/mol. The molecular weight excluding hydrogens is 755 g/mol. The van der Waals surface area contributed by atoms with Gasteiger partial charge in [-0.15, -0.1) is 0 Å². The molecule has 5 nitrogen and oxygen atoms in total. The molecule has 1 atom stereocenters. The van der Waals surface area contributed by atoms with Crippen LogP contribution in [-0.4, -0.2) is 26.5 Å². The van der Waals surface area contributed by atoms with Crippen LogP contribution in [0.1, 0.15) is 85.9 Å². The van der Waals surface area contributed by atoms with Crippen LogP contribution in [0.4, 0.5) is 0 Å². The highest BCUT2D eigenvalue weighted by atomic mass is 14.9. The molecule has 0 N–H and O–H groups in total. The van der Waals surface area contributed by atoms with Crippen molar-refractivity contribution < 1.29 is 0 Å². The summed E-state index contributed by atoms with van der Waals surface area (Å²) in [7, 11) is 0. The van der Waals surface area contributed by atoms with E-state index < -0.39 is 0 Å². The number of aliphatic imine (C=N–C) groups is 2. The van der Waals surface area contributed by atoms with Gasteiger partial charge in [-0.25, -0.2) is 15.0 Å². The summed E-state index contributed by atoms with van der Waals surface area (Å²) < 4.78 is 0. The van der Waals surface area contributed by atoms with Gasteiger partial charge in [-0.1, -0.05) is 148 Å². The normalized spacial score (nSPS) is 17.1. The lowest BCUT2D eigenvalue weighted by Gasteiger charge is -2.18. The molecule has 5 aromatic carbocycles. The van der Waals surface area contributed by atoms with E-state index in [1.165, 1.54) is 5.56 Å². The Bertz CT molecular complexity index is 3230. The Morgan fingerprint density at radius 3 is 2.11 bits per heavy atom. The fraction of sp³-hybridized carbons (Fsp3) is 0.140. The van der Waals surface area contributed by atoms with Crippen molar-refractivity contribution >= 4 is 73.8 Å². The minimum atomic E-state index is 0.192. The maximum atomic E-state index is 5.41. The molecule has 1 unspecified atom stereocenters. The van der Waals surface area contributed by atoms with Crippen molar-refractivity contribution in [1.82, 2.24) is 15.0 Å². The second-order valence-electron chi connectivity index (χ2n) is 15.9. The van der Waals surface area contributed by atoms with Gasteiger partial charge in [-0.05, 0) is 108 Å². The molecule has 4 heterocycles. The maximum Gasteiger partial charge on any atom is 0.160 e. The van der Waals surface area contributed by atoms with Crippen LogP contribution in [0, 0.1) is 0 Å². The summed E-state index contributed by atoms with van der Waals surface area (Å²) in [5.74, 6) is 0.901. The van der Waals surface area contributed by atoms with Crippen LogP contribution in [0.2, 0.25) is 0 Å². The van der Waals surface area contributed by atoms with Crippen LogP contribution >= 0.6 is 0 Å². The van der Waals surface area contributed by atoms with Crippen molar-refractivity contribution in [3.8, 4) is 0 Å². The molecular formula is C57H49N5. The van der Waals surface area contributed by atoms with Gasteiger partial charge in [0.05, 0.1) is 33.7 Å². The lowest BCUT2D eigenvalue weighted by molar-refractivity contribution is 0.801. The van der Waals surface area contributed by atoms with E-state index in [0.717, 1.165) is 119 Å². The molecule has 0 fully saturated rings. The Labute approximate surface area is 363 Å². The van der Waals surface area contributed by atoms with Crippen LogP contribution in [0.15, 0.2) is 180 Å². The molecule has 5 heteroatoms. The second-order valence-corrected chi connectivity index (χ2v) is 15.9. The first-order chi connectivity index (χ1) is 30.4. The van der Waals surface area contributed by atoms with Crippen molar-refractivity contribution in [2.45, 2.75) is 52.4 Å². The molecule has 0 radical (unpaired) electrons. The Morgan fingerprint density at radius 1 is 0.694 bits per heavy atom. The predicted molar refractivity (Wildman–Crippen MR) is 263 cm³/mol. The van der Waals surface area contributed by atoms with Crippen LogP contribution in [0.25, 0.3) is 62.2 Å². The standard InChI is InChI=1S/C57H49N5/c1-5-40(34-41(6-2)53-31-30-46-29-28-45-21-15-33-59-55(45)56(46)60-53)49-35-48(38(3)24-25-42-26-27-44-20-14-32-58-54(44)39(42)4)36-50(37-49)52-23-13-22-51(43-16-9-7-10-17-43)61-57(62-52)47-18-11-8-12-19-47/h5,7-12,14-21,23,25-38H,4,6,13,22,24H2,1-3H3/b40-5+,41-34+,42-25-,52-23-,61-51-,62-57-. The summed E-state index contributed by atoms with van der Waals surface area (Å²) in [6.07, 6.45) is 16.1. The van der Waals surface area contributed by atoms with Gasteiger partial charge < -0.3 is 0 Å². The number of hydrogen-bond acceptors (Lipinski definition) is 5. The summed E-state index contributed by atoms with van der Waals surface area (Å²) in [6, 6.07) is 48.8. The highest BCUT2D eigenvalue weighted by Crippen LogP contribution is 2.34. The Kier molecular flexibility index (Phi) is 11.7. The molecule has 0 saturated heterocycles. The molecule has 9 rings (SSSR count). The predicted octanol–water partition coefficient (Wildman–Crippen LogP) is 12.7. The minimum absolute atomic E-state index is 0.192. The van der Waals surface area contributed by atoms with Gasteiger partial charge >= 0.3 is 0 Å². The summed E-state index contributed by atoms with van der Waals surface area (Å²) in [6.45, 7) is 11.1. The average molecular weight is 804 g/mol. The molecule has 0 spiro atoms. The number of benzene rings is 5. The molecule has 62 heavy (non-hydrogen) atoms. The third-order valence-electron chi connectivity index (χ3n) is 11.9. The first kappa shape index (κ1) is 40.1. The maximum absolute atomic E-state index is 5.41. The van der Waals surface area contributed by atoms with Gasteiger partial charge in [0.25, 0.3) is 0 Å². The van der Waals surface area contributed by atoms with Crippen molar-refractivity contribution in [3.63, 3.8) is 0 Å². The third kappa shape index (κ3) is 8.48. The highest BCUT2D eigenvalue weighted by Gasteiger charge is 2.17. The van der Waals surface area contributed by atoms with Gasteiger partial charge in [0.15, 0.2) is 5.84 Å². The van der Waals surface area contributed by atoms with Gasteiger partial charge in [0, 0.05) is 44.9 Å². The zero-order valence-electron chi connectivity index (χ0n) is 35.6. The third-order valence-corrected chi connectivity index (χ3v) is 11.9. The van der Waals surface area contributed by atoms with Gasteiger partial charge in [-0.3, -0.25) is 9.97 Å². The molecule has 0 amide bonds. The van der Waals surface area contributed by atoms with Gasteiger partial charge in [0.1, 0.15) is 0 Å². The van der Waals surface area contributed by atoms with E-state index in [1.807, 2.05) is 36.7 Å². The Morgan fingerprint density at radius 2 is 1.37 bits per heavy atom. The topological polar surface area (TPSA) is 63.4 Å². The van der Waals surface area contributed by atoms with E-state index in [1.54, 1.807) is 0 Å². The quantitative estimate of drug-likeness (QED) is 0.102. The SMILES string of the molecule is C=c1/c(=C\CC(C)c2cc(C3=C/CC/C(c4ccccc4)=N/C(c4ccccc4)=N\3)cc(C(=C/C)/C=C(\CC)c3ccc4ccc5cccnc5c4n3)c2)ccc2cccnc12. The smallest absolute Gasteiger partial charge is 0.160 e. The van der Waals surface area contributed by atoms with Crippen molar-refractivity contribution in [1.29, 1.82) is 0 Å². The van der Waals surface area contributed by atoms with E-state index in [0.29, 0.717) is 5.84 Å². The number of rotatable bonds is 10. The van der Waals surface area contributed by atoms with E-state index in [2.05, 4.69) is 172 Å². The highest BCUT2D eigenvalue weighted by molar-refractivity contribution is 6.14. The van der Waals surface area contributed by atoms with Crippen molar-refractivity contribution in [2.75, 3.05) is 0 Å². The van der Waals surface area contributed by atoms with E-state index in [9.17, 15) is 0 Å². The Balaban J connectivity index is 1.16. The zero-order chi connectivity index (χ0) is 42.4.